The van der Waals surface area contributed by atoms with E-state index in [0.717, 1.165) is 44.2 Å². The number of likely N-dealkylation sites (tertiary alicyclic amines) is 1. The van der Waals surface area contributed by atoms with Crippen molar-refractivity contribution in [3.63, 3.8) is 0 Å². The first-order valence-electron chi connectivity index (χ1n) is 7.94. The number of hydrogen-bond acceptors (Lipinski definition) is 4. The van der Waals surface area contributed by atoms with Crippen molar-refractivity contribution in [2.45, 2.75) is 19.3 Å². The minimum atomic E-state index is -0.256. The van der Waals surface area contributed by atoms with Gasteiger partial charge in [-0.25, -0.2) is 4.99 Å². The van der Waals surface area contributed by atoms with Gasteiger partial charge in [-0.15, -0.1) is 24.0 Å². The summed E-state index contributed by atoms with van der Waals surface area (Å²) in [6, 6.07) is 0. The van der Waals surface area contributed by atoms with E-state index in [1.54, 1.807) is 25.9 Å². The Hall–Kier alpha value is -0.710. The number of aliphatic imine (C=N–C) groups is 1. The highest BCUT2D eigenvalue weighted by atomic mass is 127. The molecule has 140 valence electrons. The van der Waals surface area contributed by atoms with Crippen molar-refractivity contribution in [1.29, 1.82) is 0 Å². The minimum Gasteiger partial charge on any atom is -0.370 e. The first-order chi connectivity index (χ1) is 10.9. The Kier molecular flexibility index (Phi) is 12.3. The molecule has 1 atom stereocenters. The van der Waals surface area contributed by atoms with Gasteiger partial charge in [-0.05, 0) is 25.0 Å². The number of likely N-dealkylation sites (N-methyl/N-ethyl adjacent to an activating group) is 1. The lowest BCUT2D eigenvalue weighted by Crippen LogP contribution is -2.48. The van der Waals surface area contributed by atoms with Gasteiger partial charge in [-0.1, -0.05) is 0 Å². The van der Waals surface area contributed by atoms with Crippen molar-refractivity contribution in [1.82, 2.24) is 15.1 Å². The van der Waals surface area contributed by atoms with Crippen LogP contribution < -0.4 is 11.1 Å². The van der Waals surface area contributed by atoms with Gasteiger partial charge in [0.15, 0.2) is 5.96 Å². The molecule has 24 heavy (non-hydrogen) atoms. The smallest absolute Gasteiger partial charge is 0.243 e. The van der Waals surface area contributed by atoms with E-state index in [1.165, 1.54) is 4.90 Å². The van der Waals surface area contributed by atoms with Gasteiger partial charge in [0.05, 0.1) is 0 Å². The maximum absolute atomic E-state index is 11.8. The SMILES string of the molecule is CSCCNC(=NCC(=O)N(C)C)N1CCCC(CC(N)=O)C1.I. The Labute approximate surface area is 166 Å². The number of carbonyl (C=O) groups excluding carboxylic acids is 2. The average Bonchev–Trinajstić information content (AvgIpc) is 2.49. The van der Waals surface area contributed by atoms with Crippen LogP contribution in [-0.2, 0) is 9.59 Å². The number of nitrogens with one attached hydrogen (secondary N) is 1. The quantitative estimate of drug-likeness (QED) is 0.246. The molecule has 2 amide bonds. The minimum absolute atomic E-state index is 0. The van der Waals surface area contributed by atoms with Crippen LogP contribution in [0.2, 0.25) is 0 Å². The molecule has 0 aromatic heterocycles. The average molecular weight is 471 g/mol. The summed E-state index contributed by atoms with van der Waals surface area (Å²) >= 11 is 1.76. The number of amides is 2. The first-order valence-corrected chi connectivity index (χ1v) is 9.34. The monoisotopic (exact) mass is 471 g/mol. The molecule has 1 unspecified atom stereocenters. The van der Waals surface area contributed by atoms with Crippen molar-refractivity contribution in [2.24, 2.45) is 16.6 Å². The summed E-state index contributed by atoms with van der Waals surface area (Å²) in [6.45, 7) is 2.57. The fourth-order valence-electron chi connectivity index (χ4n) is 2.53. The molecule has 1 aliphatic heterocycles. The molecule has 1 heterocycles. The molecule has 0 aromatic carbocycles. The first kappa shape index (κ1) is 23.3. The van der Waals surface area contributed by atoms with E-state index in [-0.39, 0.29) is 48.3 Å². The Bertz CT molecular complexity index is 434. The maximum Gasteiger partial charge on any atom is 0.243 e. The highest BCUT2D eigenvalue weighted by Gasteiger charge is 2.23. The molecular weight excluding hydrogens is 441 g/mol. The van der Waals surface area contributed by atoms with Gasteiger partial charge in [0, 0.05) is 45.9 Å². The van der Waals surface area contributed by atoms with E-state index in [9.17, 15) is 9.59 Å². The maximum atomic E-state index is 11.8. The van der Waals surface area contributed by atoms with Crippen LogP contribution in [0.25, 0.3) is 0 Å². The van der Waals surface area contributed by atoms with Crippen molar-refractivity contribution >= 4 is 53.5 Å². The summed E-state index contributed by atoms with van der Waals surface area (Å²) in [5.41, 5.74) is 5.32. The van der Waals surface area contributed by atoms with Crippen LogP contribution >= 0.6 is 35.7 Å². The number of guanidine groups is 1. The molecule has 0 spiro atoms. The lowest BCUT2D eigenvalue weighted by Gasteiger charge is -2.34. The summed E-state index contributed by atoms with van der Waals surface area (Å²) in [7, 11) is 3.45. The molecule has 0 aromatic rings. The largest absolute Gasteiger partial charge is 0.370 e. The van der Waals surface area contributed by atoms with Crippen molar-refractivity contribution in [3.05, 3.63) is 0 Å². The predicted octanol–water partition coefficient (Wildman–Crippen LogP) is 0.589. The number of nitrogens with two attached hydrogens (primary N) is 1. The lowest BCUT2D eigenvalue weighted by atomic mass is 9.95. The lowest BCUT2D eigenvalue weighted by molar-refractivity contribution is -0.127. The second-order valence-corrected chi connectivity index (χ2v) is 6.96. The van der Waals surface area contributed by atoms with E-state index in [4.69, 9.17) is 5.73 Å². The van der Waals surface area contributed by atoms with Gasteiger partial charge in [-0.3, -0.25) is 9.59 Å². The molecule has 0 radical (unpaired) electrons. The van der Waals surface area contributed by atoms with Crippen LogP contribution in [0.3, 0.4) is 0 Å². The zero-order valence-corrected chi connectivity index (χ0v) is 17.9. The summed E-state index contributed by atoms with van der Waals surface area (Å²) < 4.78 is 0. The standard InChI is InChI=1S/C15H29N5O2S.HI/c1-19(2)14(22)10-18-15(17-6-8-23-3)20-7-4-5-12(11-20)9-13(16)21;/h12H,4-11H2,1-3H3,(H2,16,21)(H,17,18);1H. The van der Waals surface area contributed by atoms with Crippen LogP contribution in [0, 0.1) is 5.92 Å². The molecule has 7 nitrogen and oxygen atoms in total. The van der Waals surface area contributed by atoms with Crippen LogP contribution in [0.5, 0.6) is 0 Å². The van der Waals surface area contributed by atoms with Crippen molar-refractivity contribution in [3.8, 4) is 0 Å². The Balaban J connectivity index is 0.00000529. The van der Waals surface area contributed by atoms with Crippen molar-refractivity contribution in [2.75, 3.05) is 52.3 Å². The van der Waals surface area contributed by atoms with Crippen LogP contribution in [-0.4, -0.2) is 79.9 Å². The number of primary amides is 1. The molecule has 0 bridgehead atoms. The van der Waals surface area contributed by atoms with Crippen LogP contribution in [0.4, 0.5) is 0 Å². The second kappa shape index (κ2) is 12.6. The molecule has 3 N–H and O–H groups in total. The normalized spacial score (nSPS) is 17.9. The van der Waals surface area contributed by atoms with Gasteiger partial charge >= 0.3 is 0 Å². The molecule has 9 heteroatoms. The van der Waals surface area contributed by atoms with Crippen LogP contribution in [0.1, 0.15) is 19.3 Å². The summed E-state index contributed by atoms with van der Waals surface area (Å²) in [4.78, 5) is 31.1. The third-order valence-corrected chi connectivity index (χ3v) is 4.37. The Morgan fingerprint density at radius 2 is 2.12 bits per heavy atom. The predicted molar refractivity (Wildman–Crippen MR) is 111 cm³/mol. The molecule has 1 aliphatic rings. The third kappa shape index (κ3) is 8.95. The van der Waals surface area contributed by atoms with Gasteiger partial charge in [0.1, 0.15) is 6.54 Å². The van der Waals surface area contributed by atoms with Gasteiger partial charge in [0.2, 0.25) is 11.8 Å². The topological polar surface area (TPSA) is 91.0 Å². The molecule has 1 fully saturated rings. The Morgan fingerprint density at radius 3 is 2.71 bits per heavy atom. The Morgan fingerprint density at radius 1 is 1.42 bits per heavy atom. The van der Waals surface area contributed by atoms with Crippen LogP contribution in [0.15, 0.2) is 4.99 Å². The fourth-order valence-corrected chi connectivity index (χ4v) is 2.83. The van der Waals surface area contributed by atoms with E-state index in [2.05, 4.69) is 21.5 Å². The highest BCUT2D eigenvalue weighted by molar-refractivity contribution is 14.0. The third-order valence-electron chi connectivity index (χ3n) is 3.76. The number of piperidine rings is 1. The number of hydrogen-bond donors (Lipinski definition) is 2. The number of thioether (sulfide) groups is 1. The van der Waals surface area contributed by atoms with Gasteiger partial charge in [-0.2, -0.15) is 11.8 Å². The van der Waals surface area contributed by atoms with Crippen molar-refractivity contribution < 1.29 is 9.59 Å². The number of halogens is 1. The van der Waals surface area contributed by atoms with Gasteiger partial charge in [0.25, 0.3) is 0 Å². The molecule has 1 rings (SSSR count). The molecule has 1 saturated heterocycles. The van der Waals surface area contributed by atoms with E-state index >= 15 is 0 Å². The fraction of sp³-hybridized carbons (Fsp3) is 0.800. The molecule has 0 aliphatic carbocycles. The number of rotatable bonds is 7. The highest BCUT2D eigenvalue weighted by Crippen LogP contribution is 2.19. The van der Waals surface area contributed by atoms with E-state index in [1.807, 2.05) is 0 Å². The summed E-state index contributed by atoms with van der Waals surface area (Å²) in [5, 5.41) is 3.33. The zero-order valence-electron chi connectivity index (χ0n) is 14.8. The molecule has 0 saturated carbocycles. The zero-order chi connectivity index (χ0) is 17.2. The number of nitrogens with zero attached hydrogens (tertiary/aromatic N) is 3. The van der Waals surface area contributed by atoms with Gasteiger partial charge < -0.3 is 20.9 Å². The summed E-state index contributed by atoms with van der Waals surface area (Å²) in [6.07, 6.45) is 4.47. The number of carbonyl (C=O) groups is 2. The molecular formula is C15H30IN5O2S. The van der Waals surface area contributed by atoms with E-state index in [0.29, 0.717) is 6.42 Å². The summed E-state index contributed by atoms with van der Waals surface area (Å²) in [5.74, 6) is 1.70. The second-order valence-electron chi connectivity index (χ2n) is 5.97. The van der Waals surface area contributed by atoms with E-state index < -0.39 is 0 Å².